The van der Waals surface area contributed by atoms with Gasteiger partial charge in [-0.3, -0.25) is 9.36 Å². The molecule has 0 aliphatic rings. The van der Waals surface area contributed by atoms with Gasteiger partial charge in [0.15, 0.2) is 16.7 Å². The second-order valence-electron chi connectivity index (χ2n) is 5.09. The van der Waals surface area contributed by atoms with E-state index in [2.05, 4.69) is 20.5 Å². The zero-order valence-electron chi connectivity index (χ0n) is 13.4. The Kier molecular flexibility index (Phi) is 4.95. The molecule has 3 aromatic rings. The molecular weight excluding hydrogens is 326 g/mol. The van der Waals surface area contributed by atoms with Gasteiger partial charge in [0.2, 0.25) is 5.91 Å². The molecule has 7 nitrogen and oxygen atoms in total. The number of aromatic nitrogens is 4. The van der Waals surface area contributed by atoms with Crippen LogP contribution in [0.4, 0.5) is 5.82 Å². The number of nitrogens with one attached hydrogen (secondary N) is 1. The summed E-state index contributed by atoms with van der Waals surface area (Å²) in [7, 11) is 0. The Hall–Kier alpha value is -2.61. The molecule has 0 unspecified atom stereocenters. The molecule has 0 aliphatic carbocycles. The van der Waals surface area contributed by atoms with Crippen LogP contribution in [0.15, 0.2) is 46.3 Å². The molecule has 0 aromatic carbocycles. The lowest BCUT2D eigenvalue weighted by Gasteiger charge is -2.06. The van der Waals surface area contributed by atoms with Gasteiger partial charge in [0.1, 0.15) is 5.82 Å². The van der Waals surface area contributed by atoms with Crippen LogP contribution >= 0.6 is 11.8 Å². The normalized spacial score (nSPS) is 10.8. The van der Waals surface area contributed by atoms with E-state index in [-0.39, 0.29) is 11.7 Å². The van der Waals surface area contributed by atoms with Crippen molar-refractivity contribution in [3.8, 4) is 11.6 Å². The Morgan fingerprint density at radius 3 is 2.88 bits per heavy atom. The third-order valence-electron chi connectivity index (χ3n) is 3.29. The van der Waals surface area contributed by atoms with Crippen molar-refractivity contribution >= 4 is 23.5 Å². The fourth-order valence-corrected chi connectivity index (χ4v) is 2.92. The van der Waals surface area contributed by atoms with Crippen LogP contribution in [0.2, 0.25) is 0 Å². The van der Waals surface area contributed by atoms with E-state index in [1.807, 2.05) is 30.5 Å². The van der Waals surface area contributed by atoms with Gasteiger partial charge >= 0.3 is 0 Å². The molecule has 0 atom stereocenters. The van der Waals surface area contributed by atoms with Crippen molar-refractivity contribution < 1.29 is 9.21 Å². The highest BCUT2D eigenvalue weighted by molar-refractivity contribution is 7.99. The van der Waals surface area contributed by atoms with Crippen molar-refractivity contribution in [2.75, 3.05) is 11.1 Å². The summed E-state index contributed by atoms with van der Waals surface area (Å²) in [4.78, 5) is 16.2. The Morgan fingerprint density at radius 1 is 1.33 bits per heavy atom. The van der Waals surface area contributed by atoms with Gasteiger partial charge in [-0.15, -0.1) is 10.2 Å². The first kappa shape index (κ1) is 16.3. The van der Waals surface area contributed by atoms with E-state index in [0.717, 1.165) is 5.56 Å². The molecule has 3 rings (SSSR count). The summed E-state index contributed by atoms with van der Waals surface area (Å²) in [5, 5.41) is 11.8. The summed E-state index contributed by atoms with van der Waals surface area (Å²) in [6, 6.07) is 7.32. The summed E-state index contributed by atoms with van der Waals surface area (Å²) in [5.74, 6) is 1.95. The molecule has 24 heavy (non-hydrogen) atoms. The van der Waals surface area contributed by atoms with Gasteiger partial charge in [0.05, 0.1) is 12.0 Å². The van der Waals surface area contributed by atoms with E-state index in [1.165, 1.54) is 11.8 Å². The first-order valence-corrected chi connectivity index (χ1v) is 8.48. The minimum atomic E-state index is -0.137. The molecule has 0 saturated carbocycles. The maximum absolute atomic E-state index is 12.1. The summed E-state index contributed by atoms with van der Waals surface area (Å²) >= 11 is 1.33. The summed E-state index contributed by atoms with van der Waals surface area (Å²) in [6.07, 6.45) is 3.31. The van der Waals surface area contributed by atoms with E-state index < -0.39 is 0 Å². The van der Waals surface area contributed by atoms with Crippen LogP contribution in [-0.4, -0.2) is 31.4 Å². The van der Waals surface area contributed by atoms with Crippen LogP contribution in [0.3, 0.4) is 0 Å². The van der Waals surface area contributed by atoms with E-state index in [9.17, 15) is 4.79 Å². The highest BCUT2D eigenvalue weighted by Gasteiger charge is 2.16. The fraction of sp³-hybridized carbons (Fsp3) is 0.250. The molecule has 0 spiro atoms. The zero-order chi connectivity index (χ0) is 16.9. The fourth-order valence-electron chi connectivity index (χ4n) is 2.12. The number of aryl methyl sites for hydroxylation is 1. The predicted octanol–water partition coefficient (Wildman–Crippen LogP) is 2.99. The first-order chi connectivity index (χ1) is 11.7. The SMILES string of the molecule is CCn1c(SCC(=O)Nc2ccc(C)cn2)nnc1-c1ccco1. The lowest BCUT2D eigenvalue weighted by molar-refractivity contribution is -0.113. The number of hydrogen-bond acceptors (Lipinski definition) is 6. The average molecular weight is 343 g/mol. The number of thioether (sulfide) groups is 1. The average Bonchev–Trinajstić information content (AvgIpc) is 3.23. The summed E-state index contributed by atoms with van der Waals surface area (Å²) in [6.45, 7) is 4.63. The second kappa shape index (κ2) is 7.31. The molecular formula is C16H17N5O2S. The molecule has 3 heterocycles. The number of carbonyl (C=O) groups is 1. The van der Waals surface area contributed by atoms with Crippen LogP contribution in [0.25, 0.3) is 11.6 Å². The number of furan rings is 1. The van der Waals surface area contributed by atoms with Crippen molar-refractivity contribution in [3.63, 3.8) is 0 Å². The number of anilines is 1. The van der Waals surface area contributed by atoms with Gasteiger partial charge in [0.25, 0.3) is 0 Å². The molecule has 0 aliphatic heterocycles. The van der Waals surface area contributed by atoms with Crippen LogP contribution in [0.5, 0.6) is 0 Å². The van der Waals surface area contributed by atoms with Crippen LogP contribution in [0.1, 0.15) is 12.5 Å². The predicted molar refractivity (Wildman–Crippen MR) is 91.7 cm³/mol. The lowest BCUT2D eigenvalue weighted by Crippen LogP contribution is -2.15. The Labute approximate surface area is 143 Å². The van der Waals surface area contributed by atoms with Gasteiger partial charge in [-0.2, -0.15) is 0 Å². The maximum atomic E-state index is 12.1. The molecule has 0 radical (unpaired) electrons. The maximum Gasteiger partial charge on any atom is 0.236 e. The van der Waals surface area contributed by atoms with Gasteiger partial charge in [-0.1, -0.05) is 17.8 Å². The number of nitrogens with zero attached hydrogens (tertiary/aromatic N) is 4. The van der Waals surface area contributed by atoms with Gasteiger partial charge < -0.3 is 9.73 Å². The third kappa shape index (κ3) is 3.65. The van der Waals surface area contributed by atoms with Crippen LogP contribution in [0, 0.1) is 6.92 Å². The summed E-state index contributed by atoms with van der Waals surface area (Å²) < 4.78 is 7.29. The van der Waals surface area contributed by atoms with Crippen molar-refractivity contribution in [3.05, 3.63) is 42.3 Å². The molecule has 0 bridgehead atoms. The van der Waals surface area contributed by atoms with Gasteiger partial charge in [0, 0.05) is 12.7 Å². The van der Waals surface area contributed by atoms with Crippen LogP contribution in [-0.2, 0) is 11.3 Å². The number of rotatable bonds is 6. The molecule has 1 N–H and O–H groups in total. The number of amides is 1. The van der Waals surface area contributed by atoms with E-state index in [1.54, 1.807) is 24.6 Å². The molecule has 0 saturated heterocycles. The van der Waals surface area contributed by atoms with Crippen molar-refractivity contribution in [2.24, 2.45) is 0 Å². The largest absolute Gasteiger partial charge is 0.461 e. The van der Waals surface area contributed by atoms with E-state index in [4.69, 9.17) is 4.42 Å². The summed E-state index contributed by atoms with van der Waals surface area (Å²) in [5.41, 5.74) is 1.05. The van der Waals surface area contributed by atoms with E-state index in [0.29, 0.717) is 29.1 Å². The minimum absolute atomic E-state index is 0.137. The first-order valence-electron chi connectivity index (χ1n) is 7.49. The molecule has 0 fully saturated rings. The van der Waals surface area contributed by atoms with Crippen LogP contribution < -0.4 is 5.32 Å². The molecule has 8 heteroatoms. The van der Waals surface area contributed by atoms with Gasteiger partial charge in [-0.25, -0.2) is 4.98 Å². The Morgan fingerprint density at radius 2 is 2.21 bits per heavy atom. The highest BCUT2D eigenvalue weighted by Crippen LogP contribution is 2.24. The number of carbonyl (C=O) groups excluding carboxylic acids is 1. The Balaban J connectivity index is 1.64. The topological polar surface area (TPSA) is 85.8 Å². The zero-order valence-corrected chi connectivity index (χ0v) is 14.2. The third-order valence-corrected chi connectivity index (χ3v) is 4.25. The monoisotopic (exact) mass is 343 g/mol. The second-order valence-corrected chi connectivity index (χ2v) is 6.03. The van der Waals surface area contributed by atoms with Crippen molar-refractivity contribution in [2.45, 2.75) is 25.5 Å². The highest BCUT2D eigenvalue weighted by atomic mass is 32.2. The quantitative estimate of drug-likeness (QED) is 0.693. The molecule has 3 aromatic heterocycles. The lowest BCUT2D eigenvalue weighted by atomic mass is 10.3. The number of pyridine rings is 1. The standard InChI is InChI=1S/C16H17N5O2S/c1-3-21-15(12-5-4-8-23-12)19-20-16(21)24-10-14(22)18-13-7-6-11(2)9-17-13/h4-9H,3,10H2,1-2H3,(H,17,18,22). The van der Waals surface area contributed by atoms with Gasteiger partial charge in [-0.05, 0) is 37.6 Å². The molecule has 1 amide bonds. The minimum Gasteiger partial charge on any atom is -0.461 e. The van der Waals surface area contributed by atoms with Crippen molar-refractivity contribution in [1.29, 1.82) is 0 Å². The smallest absolute Gasteiger partial charge is 0.236 e. The molecule has 124 valence electrons. The Bertz CT molecular complexity index is 812. The van der Waals surface area contributed by atoms with Crippen molar-refractivity contribution in [1.82, 2.24) is 19.7 Å². The van der Waals surface area contributed by atoms with E-state index >= 15 is 0 Å². The number of hydrogen-bond donors (Lipinski definition) is 1.